The second kappa shape index (κ2) is 5.12. The predicted molar refractivity (Wildman–Crippen MR) is 62.6 cm³/mol. The van der Waals surface area contributed by atoms with Gasteiger partial charge < -0.3 is 11.1 Å². The first-order valence-corrected chi connectivity index (χ1v) is 5.44. The Balaban J connectivity index is 2.52. The summed E-state index contributed by atoms with van der Waals surface area (Å²) in [7, 11) is 1.88. The highest BCUT2D eigenvalue weighted by Gasteiger charge is 2.17. The molecule has 5 heteroatoms. The van der Waals surface area contributed by atoms with Crippen molar-refractivity contribution in [2.75, 3.05) is 0 Å². The Hall–Kier alpha value is -1.36. The van der Waals surface area contributed by atoms with Gasteiger partial charge in [-0.05, 0) is 12.8 Å². The first-order chi connectivity index (χ1) is 7.43. The average Bonchev–Trinajstić information content (AvgIpc) is 2.55. The molecular weight excluding hydrogens is 204 g/mol. The Kier molecular flexibility index (Phi) is 4.06. The molecule has 0 bridgehead atoms. The van der Waals surface area contributed by atoms with Gasteiger partial charge in [-0.3, -0.25) is 9.48 Å². The van der Waals surface area contributed by atoms with Crippen molar-refractivity contribution in [2.45, 2.75) is 33.4 Å². The summed E-state index contributed by atoms with van der Waals surface area (Å²) >= 11 is 0. The van der Waals surface area contributed by atoms with E-state index >= 15 is 0 Å². The first kappa shape index (κ1) is 12.7. The number of nitrogens with two attached hydrogens (primary N) is 1. The van der Waals surface area contributed by atoms with E-state index in [1.807, 2.05) is 27.8 Å². The molecule has 16 heavy (non-hydrogen) atoms. The fourth-order valence-electron chi connectivity index (χ4n) is 1.32. The van der Waals surface area contributed by atoms with Crippen molar-refractivity contribution in [3.8, 4) is 0 Å². The van der Waals surface area contributed by atoms with Gasteiger partial charge in [0.1, 0.15) is 0 Å². The molecule has 0 aliphatic heterocycles. The molecule has 1 aromatic rings. The molecule has 5 nitrogen and oxygen atoms in total. The Morgan fingerprint density at radius 2 is 2.25 bits per heavy atom. The van der Waals surface area contributed by atoms with Crippen LogP contribution in [-0.4, -0.2) is 21.7 Å². The van der Waals surface area contributed by atoms with E-state index in [0.717, 1.165) is 11.3 Å². The third-order valence-electron chi connectivity index (χ3n) is 2.81. The molecule has 0 aliphatic rings. The van der Waals surface area contributed by atoms with E-state index in [1.54, 1.807) is 10.9 Å². The molecule has 1 heterocycles. The van der Waals surface area contributed by atoms with E-state index in [9.17, 15) is 4.79 Å². The zero-order valence-corrected chi connectivity index (χ0v) is 10.3. The summed E-state index contributed by atoms with van der Waals surface area (Å²) in [6, 6.07) is -0.447. The van der Waals surface area contributed by atoms with Crippen LogP contribution in [0.3, 0.4) is 0 Å². The van der Waals surface area contributed by atoms with Gasteiger partial charge >= 0.3 is 0 Å². The van der Waals surface area contributed by atoms with Crippen LogP contribution in [0.2, 0.25) is 0 Å². The highest BCUT2D eigenvalue weighted by molar-refractivity contribution is 5.81. The minimum absolute atomic E-state index is 0.113. The van der Waals surface area contributed by atoms with Crippen LogP contribution in [0.25, 0.3) is 0 Å². The summed E-state index contributed by atoms with van der Waals surface area (Å²) in [5.74, 6) is 0.0354. The van der Waals surface area contributed by atoms with Crippen molar-refractivity contribution in [1.82, 2.24) is 15.1 Å². The van der Waals surface area contributed by atoms with Crippen molar-refractivity contribution in [3.63, 3.8) is 0 Å². The van der Waals surface area contributed by atoms with Crippen LogP contribution in [0.4, 0.5) is 0 Å². The highest BCUT2D eigenvalue weighted by atomic mass is 16.2. The van der Waals surface area contributed by atoms with Gasteiger partial charge in [0.05, 0.1) is 12.2 Å². The van der Waals surface area contributed by atoms with Gasteiger partial charge in [-0.15, -0.1) is 0 Å². The second-order valence-corrected chi connectivity index (χ2v) is 4.37. The number of carbonyl (C=O) groups excluding carboxylic acids is 1. The quantitative estimate of drug-likeness (QED) is 0.774. The van der Waals surface area contributed by atoms with E-state index in [1.165, 1.54) is 0 Å². The minimum atomic E-state index is -0.447. The van der Waals surface area contributed by atoms with E-state index in [2.05, 4.69) is 10.4 Å². The molecule has 0 radical (unpaired) electrons. The number of hydrogen-bond acceptors (Lipinski definition) is 3. The third kappa shape index (κ3) is 2.82. The van der Waals surface area contributed by atoms with E-state index in [0.29, 0.717) is 6.54 Å². The van der Waals surface area contributed by atoms with Crippen LogP contribution < -0.4 is 11.1 Å². The number of amides is 1. The molecule has 3 N–H and O–H groups in total. The fraction of sp³-hybridized carbons (Fsp3) is 0.636. The van der Waals surface area contributed by atoms with Crippen LogP contribution >= 0.6 is 0 Å². The van der Waals surface area contributed by atoms with Crippen molar-refractivity contribution in [1.29, 1.82) is 0 Å². The molecule has 1 aromatic heterocycles. The second-order valence-electron chi connectivity index (χ2n) is 4.37. The molecule has 0 saturated heterocycles. The Morgan fingerprint density at radius 3 is 2.69 bits per heavy atom. The van der Waals surface area contributed by atoms with Crippen molar-refractivity contribution in [2.24, 2.45) is 18.7 Å². The summed E-state index contributed by atoms with van der Waals surface area (Å²) in [5.41, 5.74) is 7.81. The zero-order valence-electron chi connectivity index (χ0n) is 10.3. The lowest BCUT2D eigenvalue weighted by atomic mass is 10.1. The molecule has 0 aromatic carbocycles. The van der Waals surface area contributed by atoms with Crippen molar-refractivity contribution < 1.29 is 4.79 Å². The average molecular weight is 224 g/mol. The minimum Gasteiger partial charge on any atom is -0.351 e. The van der Waals surface area contributed by atoms with Crippen LogP contribution in [0, 0.1) is 12.8 Å². The molecule has 1 amide bonds. The maximum absolute atomic E-state index is 11.6. The predicted octanol–water partition coefficient (Wildman–Crippen LogP) is 0.328. The smallest absolute Gasteiger partial charge is 0.237 e. The Bertz CT molecular complexity index is 370. The third-order valence-corrected chi connectivity index (χ3v) is 2.81. The number of aromatic nitrogens is 2. The van der Waals surface area contributed by atoms with Crippen LogP contribution in [0.1, 0.15) is 25.1 Å². The lowest BCUT2D eigenvalue weighted by Crippen LogP contribution is -2.43. The van der Waals surface area contributed by atoms with Gasteiger partial charge in [0.15, 0.2) is 0 Å². The molecule has 0 aliphatic carbocycles. The standard InChI is InChI=1S/C11H20N4O/c1-7(2)10(12)11(16)13-5-9-6-14-15(4)8(9)3/h6-7,10H,5,12H2,1-4H3,(H,13,16)/t10-/m0/s1. The zero-order chi connectivity index (χ0) is 12.3. The first-order valence-electron chi connectivity index (χ1n) is 5.44. The topological polar surface area (TPSA) is 72.9 Å². The molecule has 0 saturated carbocycles. The normalized spacial score (nSPS) is 12.9. The maximum Gasteiger partial charge on any atom is 0.237 e. The number of nitrogens with one attached hydrogen (secondary N) is 1. The van der Waals surface area contributed by atoms with E-state index in [-0.39, 0.29) is 11.8 Å². The number of carbonyl (C=O) groups is 1. The molecular formula is C11H20N4O. The van der Waals surface area contributed by atoms with E-state index in [4.69, 9.17) is 5.73 Å². The van der Waals surface area contributed by atoms with Crippen LogP contribution in [0.15, 0.2) is 6.20 Å². The summed E-state index contributed by atoms with van der Waals surface area (Å²) in [6.45, 7) is 6.31. The Morgan fingerprint density at radius 1 is 1.62 bits per heavy atom. The Labute approximate surface area is 96.0 Å². The molecule has 0 unspecified atom stereocenters. The number of hydrogen-bond donors (Lipinski definition) is 2. The largest absolute Gasteiger partial charge is 0.351 e. The van der Waals surface area contributed by atoms with Gasteiger partial charge in [0, 0.05) is 24.8 Å². The van der Waals surface area contributed by atoms with Crippen molar-refractivity contribution >= 4 is 5.91 Å². The summed E-state index contributed by atoms with van der Waals surface area (Å²) in [6.07, 6.45) is 1.76. The molecule has 1 atom stereocenters. The SMILES string of the molecule is Cc1c(CNC(=O)[C@@H](N)C(C)C)cnn1C. The number of nitrogens with zero attached hydrogens (tertiary/aromatic N) is 2. The number of aryl methyl sites for hydroxylation is 1. The summed E-state index contributed by atoms with van der Waals surface area (Å²) in [4.78, 5) is 11.6. The lowest BCUT2D eigenvalue weighted by molar-refractivity contribution is -0.123. The molecule has 0 spiro atoms. The monoisotopic (exact) mass is 224 g/mol. The van der Waals surface area contributed by atoms with Crippen LogP contribution in [0.5, 0.6) is 0 Å². The van der Waals surface area contributed by atoms with Crippen LogP contribution in [-0.2, 0) is 18.4 Å². The van der Waals surface area contributed by atoms with Crippen molar-refractivity contribution in [3.05, 3.63) is 17.5 Å². The maximum atomic E-state index is 11.6. The molecule has 1 rings (SSSR count). The van der Waals surface area contributed by atoms with E-state index < -0.39 is 6.04 Å². The number of rotatable bonds is 4. The van der Waals surface area contributed by atoms with Gasteiger partial charge in [-0.2, -0.15) is 5.10 Å². The van der Waals surface area contributed by atoms with Gasteiger partial charge in [0.25, 0.3) is 0 Å². The highest BCUT2D eigenvalue weighted by Crippen LogP contribution is 2.05. The molecule has 90 valence electrons. The van der Waals surface area contributed by atoms with Gasteiger partial charge in [-0.1, -0.05) is 13.8 Å². The summed E-state index contributed by atoms with van der Waals surface area (Å²) < 4.78 is 1.78. The summed E-state index contributed by atoms with van der Waals surface area (Å²) in [5, 5.41) is 6.93. The fourth-order valence-corrected chi connectivity index (χ4v) is 1.32. The molecule has 0 fully saturated rings. The van der Waals surface area contributed by atoms with Gasteiger partial charge in [0.2, 0.25) is 5.91 Å². The lowest BCUT2D eigenvalue weighted by Gasteiger charge is -2.15. The van der Waals surface area contributed by atoms with Gasteiger partial charge in [-0.25, -0.2) is 0 Å².